The molecule has 0 N–H and O–H groups in total. The summed E-state index contributed by atoms with van der Waals surface area (Å²) in [7, 11) is -6.28. The van der Waals surface area contributed by atoms with Crippen LogP contribution in [0.3, 0.4) is 0 Å². The molecule has 1 aromatic rings. The highest BCUT2D eigenvalue weighted by molar-refractivity contribution is 7.91. The van der Waals surface area contributed by atoms with Crippen molar-refractivity contribution in [3.05, 3.63) is 17.5 Å². The second-order valence-electron chi connectivity index (χ2n) is 5.43. The smallest absolute Gasteiger partial charge is 0.252 e. The standard InChI is InChI=1S/C12H18N2O4S3/c15-20(16)9-3-11(10-20)13-4-6-14(7-5-13)21(17,18)12-2-1-8-19-12/h1-2,8,11H,3-7,9-10H2/t11-/m1/s1. The van der Waals surface area contributed by atoms with Gasteiger partial charge in [0, 0.05) is 32.2 Å². The fraction of sp³-hybridized carbons (Fsp3) is 0.667. The maximum absolute atomic E-state index is 12.4. The Kier molecular flexibility index (Phi) is 4.12. The highest BCUT2D eigenvalue weighted by Crippen LogP contribution is 2.24. The number of sulfonamides is 1. The van der Waals surface area contributed by atoms with E-state index in [1.807, 2.05) is 0 Å². The minimum atomic E-state index is -3.38. The molecule has 21 heavy (non-hydrogen) atoms. The summed E-state index contributed by atoms with van der Waals surface area (Å²) in [5.74, 6) is 0.468. The summed E-state index contributed by atoms with van der Waals surface area (Å²) in [6.07, 6.45) is 0.667. The Morgan fingerprint density at radius 3 is 2.43 bits per heavy atom. The van der Waals surface area contributed by atoms with E-state index in [1.54, 1.807) is 17.5 Å². The van der Waals surface area contributed by atoms with Crippen molar-refractivity contribution in [2.24, 2.45) is 0 Å². The molecule has 1 aromatic heterocycles. The number of sulfone groups is 1. The molecule has 0 amide bonds. The lowest BCUT2D eigenvalue weighted by molar-refractivity contribution is 0.148. The van der Waals surface area contributed by atoms with Crippen molar-refractivity contribution in [1.82, 2.24) is 9.21 Å². The van der Waals surface area contributed by atoms with Crippen LogP contribution in [-0.4, -0.2) is 69.8 Å². The van der Waals surface area contributed by atoms with Crippen molar-refractivity contribution in [3.8, 4) is 0 Å². The van der Waals surface area contributed by atoms with E-state index < -0.39 is 19.9 Å². The Morgan fingerprint density at radius 1 is 1.19 bits per heavy atom. The summed E-state index contributed by atoms with van der Waals surface area (Å²) in [4.78, 5) is 2.12. The monoisotopic (exact) mass is 350 g/mol. The van der Waals surface area contributed by atoms with Crippen LogP contribution in [0.5, 0.6) is 0 Å². The Balaban J connectivity index is 1.64. The number of rotatable bonds is 3. The van der Waals surface area contributed by atoms with Crippen molar-refractivity contribution >= 4 is 31.2 Å². The molecule has 0 bridgehead atoms. The van der Waals surface area contributed by atoms with Gasteiger partial charge in [-0.3, -0.25) is 4.90 Å². The van der Waals surface area contributed by atoms with E-state index in [0.29, 0.717) is 36.8 Å². The molecule has 0 aliphatic carbocycles. The zero-order valence-corrected chi connectivity index (χ0v) is 14.0. The lowest BCUT2D eigenvalue weighted by atomic mass is 10.2. The molecule has 0 saturated carbocycles. The minimum Gasteiger partial charge on any atom is -0.297 e. The van der Waals surface area contributed by atoms with Gasteiger partial charge in [-0.2, -0.15) is 4.31 Å². The van der Waals surface area contributed by atoms with Crippen molar-refractivity contribution in [2.45, 2.75) is 16.7 Å². The molecule has 6 nitrogen and oxygen atoms in total. The Morgan fingerprint density at radius 2 is 1.90 bits per heavy atom. The molecule has 0 aromatic carbocycles. The lowest BCUT2D eigenvalue weighted by Crippen LogP contribution is -2.52. The fourth-order valence-corrected chi connectivity index (χ4v) is 7.24. The number of hydrogen-bond donors (Lipinski definition) is 0. The Labute approximate surface area is 129 Å². The second-order valence-corrected chi connectivity index (χ2v) is 10.8. The first kappa shape index (κ1) is 15.4. The van der Waals surface area contributed by atoms with Gasteiger partial charge in [0.05, 0.1) is 11.5 Å². The first-order chi connectivity index (χ1) is 9.88. The number of hydrogen-bond acceptors (Lipinski definition) is 6. The van der Waals surface area contributed by atoms with Crippen LogP contribution in [0.1, 0.15) is 6.42 Å². The number of nitrogens with zero attached hydrogens (tertiary/aromatic N) is 2. The van der Waals surface area contributed by atoms with E-state index >= 15 is 0 Å². The molecule has 9 heteroatoms. The molecule has 3 heterocycles. The van der Waals surface area contributed by atoms with Crippen LogP contribution in [0.15, 0.2) is 21.7 Å². The van der Waals surface area contributed by atoms with Gasteiger partial charge in [0.1, 0.15) is 4.21 Å². The third-order valence-electron chi connectivity index (χ3n) is 4.09. The topological polar surface area (TPSA) is 74.8 Å². The largest absolute Gasteiger partial charge is 0.297 e. The molecule has 1 atom stereocenters. The van der Waals surface area contributed by atoms with Crippen molar-refractivity contribution in [1.29, 1.82) is 0 Å². The predicted octanol–water partition coefficient (Wildman–Crippen LogP) is 0.242. The molecule has 0 radical (unpaired) electrons. The molecular formula is C12H18N2O4S3. The van der Waals surface area contributed by atoms with Crippen LogP contribution >= 0.6 is 11.3 Å². The maximum Gasteiger partial charge on any atom is 0.252 e. The van der Waals surface area contributed by atoms with E-state index in [4.69, 9.17) is 0 Å². The summed E-state index contributed by atoms with van der Waals surface area (Å²) < 4.78 is 49.7. The van der Waals surface area contributed by atoms with Gasteiger partial charge in [-0.05, 0) is 17.9 Å². The van der Waals surface area contributed by atoms with Gasteiger partial charge in [-0.1, -0.05) is 6.07 Å². The van der Waals surface area contributed by atoms with Crippen LogP contribution in [0, 0.1) is 0 Å². The minimum absolute atomic E-state index is 0.0570. The molecule has 3 rings (SSSR count). The fourth-order valence-electron chi connectivity index (χ4n) is 2.91. The average Bonchev–Trinajstić information content (AvgIpc) is 3.08. The maximum atomic E-state index is 12.4. The van der Waals surface area contributed by atoms with Crippen LogP contribution in [0.4, 0.5) is 0 Å². The molecule has 0 spiro atoms. The highest BCUT2D eigenvalue weighted by Gasteiger charge is 2.36. The molecule has 118 valence electrons. The Hall–Kier alpha value is -0.480. The van der Waals surface area contributed by atoms with Gasteiger partial charge in [-0.15, -0.1) is 11.3 Å². The summed E-state index contributed by atoms with van der Waals surface area (Å²) in [6.45, 7) is 2.06. The molecule has 2 fully saturated rings. The molecule has 2 saturated heterocycles. The molecule has 2 aliphatic rings. The summed E-state index contributed by atoms with van der Waals surface area (Å²) in [6, 6.07) is 3.41. The van der Waals surface area contributed by atoms with Gasteiger partial charge in [0.15, 0.2) is 9.84 Å². The van der Waals surface area contributed by atoms with Gasteiger partial charge in [0.25, 0.3) is 10.0 Å². The zero-order valence-electron chi connectivity index (χ0n) is 11.5. The second kappa shape index (κ2) is 5.62. The van der Waals surface area contributed by atoms with Gasteiger partial charge >= 0.3 is 0 Å². The molecule has 0 unspecified atom stereocenters. The summed E-state index contributed by atoms with van der Waals surface area (Å²) in [5.41, 5.74) is 0. The van der Waals surface area contributed by atoms with E-state index in [1.165, 1.54) is 15.6 Å². The van der Waals surface area contributed by atoms with Gasteiger partial charge < -0.3 is 0 Å². The zero-order chi connectivity index (χ0) is 15.1. The average molecular weight is 350 g/mol. The molecule has 2 aliphatic heterocycles. The van der Waals surface area contributed by atoms with E-state index in [0.717, 1.165) is 0 Å². The van der Waals surface area contributed by atoms with Crippen LogP contribution in [-0.2, 0) is 19.9 Å². The van der Waals surface area contributed by atoms with Crippen molar-refractivity contribution in [3.63, 3.8) is 0 Å². The van der Waals surface area contributed by atoms with E-state index in [-0.39, 0.29) is 17.5 Å². The van der Waals surface area contributed by atoms with Gasteiger partial charge in [-0.25, -0.2) is 16.8 Å². The third kappa shape index (κ3) is 3.16. The van der Waals surface area contributed by atoms with E-state index in [2.05, 4.69) is 4.90 Å². The highest BCUT2D eigenvalue weighted by atomic mass is 32.2. The van der Waals surface area contributed by atoms with Gasteiger partial charge in [0.2, 0.25) is 0 Å². The SMILES string of the molecule is O=S1(=O)CC[C@@H](N2CCN(S(=O)(=O)c3cccs3)CC2)C1. The number of piperazine rings is 1. The van der Waals surface area contributed by atoms with Crippen LogP contribution < -0.4 is 0 Å². The molecular weight excluding hydrogens is 332 g/mol. The summed E-state index contributed by atoms with van der Waals surface area (Å²) >= 11 is 1.23. The first-order valence-corrected chi connectivity index (χ1v) is 11.0. The van der Waals surface area contributed by atoms with E-state index in [9.17, 15) is 16.8 Å². The predicted molar refractivity (Wildman–Crippen MR) is 81.7 cm³/mol. The van der Waals surface area contributed by atoms with Crippen LogP contribution in [0.25, 0.3) is 0 Å². The Bertz CT molecular complexity index is 689. The number of thiophene rings is 1. The van der Waals surface area contributed by atoms with Crippen LogP contribution in [0.2, 0.25) is 0 Å². The van der Waals surface area contributed by atoms with Crippen molar-refractivity contribution in [2.75, 3.05) is 37.7 Å². The van der Waals surface area contributed by atoms with Crippen molar-refractivity contribution < 1.29 is 16.8 Å². The lowest BCUT2D eigenvalue weighted by Gasteiger charge is -2.36. The summed E-state index contributed by atoms with van der Waals surface area (Å²) in [5, 5.41) is 1.76. The first-order valence-electron chi connectivity index (χ1n) is 6.87. The third-order valence-corrected chi connectivity index (χ3v) is 9.11. The quantitative estimate of drug-likeness (QED) is 0.781. The normalized spacial score (nSPS) is 27.9.